The lowest BCUT2D eigenvalue weighted by molar-refractivity contribution is -0.138. The minimum absolute atomic E-state index is 0.0215. The van der Waals surface area contributed by atoms with Crippen molar-refractivity contribution in [2.45, 2.75) is 38.5 Å². The first-order valence-electron chi connectivity index (χ1n) is 4.82. The molecule has 0 aliphatic rings. The van der Waals surface area contributed by atoms with E-state index in [1.165, 1.54) is 0 Å². The van der Waals surface area contributed by atoms with Gasteiger partial charge in [0.15, 0.2) is 0 Å². The maximum atomic E-state index is 11.7. The van der Waals surface area contributed by atoms with Gasteiger partial charge in [-0.1, -0.05) is 6.92 Å². The number of alkyl halides is 3. The zero-order chi connectivity index (χ0) is 11.0. The molecule has 86 valence electrons. The summed E-state index contributed by atoms with van der Waals surface area (Å²) in [7, 11) is 1.79. The molecule has 5 heteroatoms. The molecular weight excluding hydrogens is 195 g/mol. The molecule has 1 N–H and O–H groups in total. The van der Waals surface area contributed by atoms with Crippen molar-refractivity contribution in [1.82, 2.24) is 5.32 Å². The molecule has 0 fully saturated rings. The highest BCUT2D eigenvalue weighted by molar-refractivity contribution is 4.58. The fourth-order valence-electron chi connectivity index (χ4n) is 1.07. The Kier molecular flexibility index (Phi) is 6.92. The lowest BCUT2D eigenvalue weighted by Crippen LogP contribution is -2.26. The van der Waals surface area contributed by atoms with Crippen molar-refractivity contribution < 1.29 is 17.9 Å². The number of hydrogen-bond donors (Lipinski definition) is 1. The van der Waals surface area contributed by atoms with Gasteiger partial charge in [-0.2, -0.15) is 13.2 Å². The van der Waals surface area contributed by atoms with Gasteiger partial charge in [-0.05, 0) is 19.9 Å². The highest BCUT2D eigenvalue weighted by Gasteiger charge is 2.26. The minimum Gasteiger partial charge on any atom is -0.377 e. The third-order valence-electron chi connectivity index (χ3n) is 1.85. The van der Waals surface area contributed by atoms with E-state index < -0.39 is 12.6 Å². The molecule has 0 amide bonds. The van der Waals surface area contributed by atoms with E-state index in [1.807, 2.05) is 6.92 Å². The Labute approximate surface area is 82.8 Å². The Morgan fingerprint density at radius 2 is 2.00 bits per heavy atom. The van der Waals surface area contributed by atoms with Gasteiger partial charge in [-0.25, -0.2) is 0 Å². The molecule has 0 saturated carbocycles. The second-order valence-electron chi connectivity index (χ2n) is 3.18. The molecule has 0 rings (SSSR count). The van der Waals surface area contributed by atoms with Crippen LogP contribution in [-0.4, -0.2) is 32.5 Å². The Balaban J connectivity index is 3.42. The molecule has 0 aromatic rings. The van der Waals surface area contributed by atoms with Gasteiger partial charge in [-0.15, -0.1) is 0 Å². The first-order chi connectivity index (χ1) is 6.49. The average molecular weight is 213 g/mol. The second kappa shape index (κ2) is 7.06. The van der Waals surface area contributed by atoms with Crippen LogP contribution >= 0.6 is 0 Å². The van der Waals surface area contributed by atoms with Crippen LogP contribution in [0.5, 0.6) is 0 Å². The molecule has 0 saturated heterocycles. The monoisotopic (exact) mass is 213 g/mol. The summed E-state index contributed by atoms with van der Waals surface area (Å²) in [5.41, 5.74) is 0. The number of nitrogens with one attached hydrogen (secondary N) is 1. The topological polar surface area (TPSA) is 21.3 Å². The summed E-state index contributed by atoms with van der Waals surface area (Å²) in [5, 5.41) is 2.93. The van der Waals surface area contributed by atoms with E-state index in [1.54, 1.807) is 7.05 Å². The van der Waals surface area contributed by atoms with E-state index in [9.17, 15) is 13.2 Å². The number of halogens is 3. The largest absolute Gasteiger partial charge is 0.389 e. The summed E-state index contributed by atoms with van der Waals surface area (Å²) in [6, 6.07) is 0. The van der Waals surface area contributed by atoms with Crippen LogP contribution in [-0.2, 0) is 4.74 Å². The Morgan fingerprint density at radius 1 is 1.36 bits per heavy atom. The third-order valence-corrected chi connectivity index (χ3v) is 1.85. The molecule has 0 heterocycles. The van der Waals surface area contributed by atoms with Crippen molar-refractivity contribution >= 4 is 0 Å². The van der Waals surface area contributed by atoms with Gasteiger partial charge in [0.05, 0.1) is 6.10 Å². The summed E-state index contributed by atoms with van der Waals surface area (Å²) in [6.45, 7) is 2.81. The normalized spacial score (nSPS) is 14.4. The molecule has 0 aromatic heterocycles. The standard InChI is InChI=1S/C9H18F3NO/c1-3-8(7-13-2)14-6-4-5-9(10,11)12/h8,13H,3-7H2,1-2H3. The maximum absolute atomic E-state index is 11.7. The lowest BCUT2D eigenvalue weighted by atomic mass is 10.2. The molecular formula is C9H18F3NO. The van der Waals surface area contributed by atoms with Gasteiger partial charge >= 0.3 is 6.18 Å². The maximum Gasteiger partial charge on any atom is 0.389 e. The number of hydrogen-bond acceptors (Lipinski definition) is 2. The minimum atomic E-state index is -4.06. The molecule has 0 bridgehead atoms. The molecule has 0 radical (unpaired) electrons. The van der Waals surface area contributed by atoms with Crippen molar-refractivity contribution in [3.05, 3.63) is 0 Å². The van der Waals surface area contributed by atoms with Crippen molar-refractivity contribution in [2.24, 2.45) is 0 Å². The molecule has 0 aliphatic carbocycles. The summed E-state index contributed by atoms with van der Waals surface area (Å²) < 4.78 is 40.5. The van der Waals surface area contributed by atoms with Gasteiger partial charge in [-0.3, -0.25) is 0 Å². The van der Waals surface area contributed by atoms with E-state index in [0.29, 0.717) is 6.54 Å². The summed E-state index contributed by atoms with van der Waals surface area (Å²) in [4.78, 5) is 0. The summed E-state index contributed by atoms with van der Waals surface area (Å²) in [6.07, 6.45) is -3.94. The molecule has 14 heavy (non-hydrogen) atoms. The van der Waals surface area contributed by atoms with Crippen LogP contribution in [0, 0.1) is 0 Å². The number of likely N-dealkylation sites (N-methyl/N-ethyl adjacent to an activating group) is 1. The average Bonchev–Trinajstić information content (AvgIpc) is 2.08. The van der Waals surface area contributed by atoms with Crippen molar-refractivity contribution in [3.63, 3.8) is 0 Å². The van der Waals surface area contributed by atoms with Crippen LogP contribution in [0.4, 0.5) is 13.2 Å². The van der Waals surface area contributed by atoms with Gasteiger partial charge in [0.25, 0.3) is 0 Å². The van der Waals surface area contributed by atoms with Crippen molar-refractivity contribution in [3.8, 4) is 0 Å². The van der Waals surface area contributed by atoms with Crippen molar-refractivity contribution in [2.75, 3.05) is 20.2 Å². The van der Waals surface area contributed by atoms with E-state index >= 15 is 0 Å². The number of ether oxygens (including phenoxy) is 1. The third kappa shape index (κ3) is 8.31. The van der Waals surface area contributed by atoms with E-state index in [2.05, 4.69) is 5.32 Å². The zero-order valence-electron chi connectivity index (χ0n) is 8.66. The van der Waals surface area contributed by atoms with Crippen LogP contribution in [0.25, 0.3) is 0 Å². The van der Waals surface area contributed by atoms with Gasteiger partial charge in [0.2, 0.25) is 0 Å². The Hall–Kier alpha value is -0.290. The summed E-state index contributed by atoms with van der Waals surface area (Å²) >= 11 is 0. The quantitative estimate of drug-likeness (QED) is 0.655. The van der Waals surface area contributed by atoms with Crippen LogP contribution < -0.4 is 5.32 Å². The highest BCUT2D eigenvalue weighted by Crippen LogP contribution is 2.21. The molecule has 0 aliphatic heterocycles. The molecule has 0 spiro atoms. The van der Waals surface area contributed by atoms with Crippen LogP contribution in [0.2, 0.25) is 0 Å². The molecule has 1 atom stereocenters. The van der Waals surface area contributed by atoms with Crippen molar-refractivity contribution in [1.29, 1.82) is 0 Å². The Morgan fingerprint density at radius 3 is 2.43 bits per heavy atom. The first kappa shape index (κ1) is 13.7. The summed E-state index contributed by atoms with van der Waals surface area (Å²) in [5.74, 6) is 0. The molecule has 1 unspecified atom stereocenters. The molecule has 2 nitrogen and oxygen atoms in total. The predicted octanol–water partition coefficient (Wildman–Crippen LogP) is 2.34. The second-order valence-corrected chi connectivity index (χ2v) is 3.18. The SMILES string of the molecule is CCC(CNC)OCCCC(F)(F)F. The van der Waals surface area contributed by atoms with E-state index in [0.717, 1.165) is 6.42 Å². The molecule has 0 aromatic carbocycles. The fraction of sp³-hybridized carbons (Fsp3) is 1.00. The first-order valence-corrected chi connectivity index (χ1v) is 4.82. The van der Waals surface area contributed by atoms with Gasteiger partial charge in [0.1, 0.15) is 0 Å². The van der Waals surface area contributed by atoms with Crippen LogP contribution in [0.3, 0.4) is 0 Å². The van der Waals surface area contributed by atoms with Crippen LogP contribution in [0.15, 0.2) is 0 Å². The fourth-order valence-corrected chi connectivity index (χ4v) is 1.07. The smallest absolute Gasteiger partial charge is 0.377 e. The van der Waals surface area contributed by atoms with Crippen LogP contribution in [0.1, 0.15) is 26.2 Å². The zero-order valence-corrected chi connectivity index (χ0v) is 8.66. The number of rotatable bonds is 7. The Bertz CT molecular complexity index is 139. The van der Waals surface area contributed by atoms with E-state index in [-0.39, 0.29) is 19.1 Å². The highest BCUT2D eigenvalue weighted by atomic mass is 19.4. The lowest BCUT2D eigenvalue weighted by Gasteiger charge is -2.15. The van der Waals surface area contributed by atoms with Gasteiger partial charge in [0, 0.05) is 19.6 Å². The van der Waals surface area contributed by atoms with E-state index in [4.69, 9.17) is 4.74 Å². The predicted molar refractivity (Wildman–Crippen MR) is 49.2 cm³/mol. The van der Waals surface area contributed by atoms with Gasteiger partial charge < -0.3 is 10.1 Å².